The molecule has 0 spiro atoms. The predicted octanol–water partition coefficient (Wildman–Crippen LogP) is 4.90. The van der Waals surface area contributed by atoms with Gasteiger partial charge in [-0.2, -0.15) is 0 Å². The summed E-state index contributed by atoms with van der Waals surface area (Å²) >= 11 is 0. The number of amides is 2. The van der Waals surface area contributed by atoms with Crippen LogP contribution >= 0.6 is 0 Å². The van der Waals surface area contributed by atoms with E-state index in [4.69, 9.17) is 4.74 Å². The summed E-state index contributed by atoms with van der Waals surface area (Å²) in [5, 5.41) is 5.69. The zero-order chi connectivity index (χ0) is 19.9. The van der Waals surface area contributed by atoms with E-state index in [1.54, 1.807) is 48.5 Å². The molecular formula is C23H22N2O3. The van der Waals surface area contributed by atoms with Crippen LogP contribution in [0.25, 0.3) is 0 Å². The van der Waals surface area contributed by atoms with Crippen LogP contribution < -0.4 is 15.4 Å². The Morgan fingerprint density at radius 1 is 0.786 bits per heavy atom. The highest BCUT2D eigenvalue weighted by Gasteiger charge is 2.09. The van der Waals surface area contributed by atoms with Crippen LogP contribution in [0.5, 0.6) is 5.75 Å². The summed E-state index contributed by atoms with van der Waals surface area (Å²) < 4.78 is 5.42. The lowest BCUT2D eigenvalue weighted by Crippen LogP contribution is -2.13. The second kappa shape index (κ2) is 8.86. The second-order valence-electron chi connectivity index (χ2n) is 6.32. The average Bonchev–Trinajstić information content (AvgIpc) is 2.70. The van der Waals surface area contributed by atoms with Gasteiger partial charge in [-0.15, -0.1) is 0 Å². The number of nitrogens with one attached hydrogen (secondary N) is 2. The number of aryl methyl sites for hydroxylation is 1. The van der Waals surface area contributed by atoms with Crippen molar-refractivity contribution in [2.45, 2.75) is 13.8 Å². The van der Waals surface area contributed by atoms with Crippen molar-refractivity contribution in [3.63, 3.8) is 0 Å². The van der Waals surface area contributed by atoms with Crippen molar-refractivity contribution in [3.05, 3.63) is 89.5 Å². The van der Waals surface area contributed by atoms with Gasteiger partial charge >= 0.3 is 0 Å². The van der Waals surface area contributed by atoms with Crippen LogP contribution in [0.15, 0.2) is 72.8 Å². The van der Waals surface area contributed by atoms with Gasteiger partial charge in [0, 0.05) is 22.5 Å². The van der Waals surface area contributed by atoms with Gasteiger partial charge in [0.2, 0.25) is 0 Å². The Balaban J connectivity index is 1.63. The normalized spacial score (nSPS) is 10.2. The first kappa shape index (κ1) is 19.2. The van der Waals surface area contributed by atoms with E-state index in [1.807, 2.05) is 38.1 Å². The van der Waals surface area contributed by atoms with E-state index in [2.05, 4.69) is 10.6 Å². The first-order valence-corrected chi connectivity index (χ1v) is 9.07. The zero-order valence-electron chi connectivity index (χ0n) is 15.9. The Morgan fingerprint density at radius 3 is 1.86 bits per heavy atom. The minimum atomic E-state index is -0.224. The Morgan fingerprint density at radius 2 is 1.32 bits per heavy atom. The molecule has 2 amide bonds. The molecule has 5 heteroatoms. The average molecular weight is 374 g/mol. The number of carbonyl (C=O) groups is 2. The predicted molar refractivity (Wildman–Crippen MR) is 111 cm³/mol. The standard InChI is InChI=1S/C23H22N2O3/c1-3-28-21-9-5-8-18(15-21)23(27)25-20-12-10-19(11-13-20)24-22(26)17-7-4-6-16(2)14-17/h4-15H,3H2,1-2H3,(H,24,26)(H,25,27). The molecule has 0 atom stereocenters. The molecule has 0 unspecified atom stereocenters. The summed E-state index contributed by atoms with van der Waals surface area (Å²) in [7, 11) is 0. The first-order valence-electron chi connectivity index (χ1n) is 9.07. The molecule has 0 radical (unpaired) electrons. The summed E-state index contributed by atoms with van der Waals surface area (Å²) in [5.74, 6) is 0.260. The Kier molecular flexibility index (Phi) is 6.07. The highest BCUT2D eigenvalue weighted by Crippen LogP contribution is 2.18. The number of anilines is 2. The topological polar surface area (TPSA) is 67.4 Å². The number of benzene rings is 3. The lowest BCUT2D eigenvalue weighted by atomic mass is 10.1. The summed E-state index contributed by atoms with van der Waals surface area (Å²) in [6, 6.07) is 21.4. The van der Waals surface area contributed by atoms with Gasteiger partial charge in [-0.1, -0.05) is 23.8 Å². The molecule has 3 rings (SSSR count). The fourth-order valence-corrected chi connectivity index (χ4v) is 2.72. The number of carbonyl (C=O) groups excluding carboxylic acids is 2. The van der Waals surface area contributed by atoms with Crippen LogP contribution in [0.2, 0.25) is 0 Å². The maximum Gasteiger partial charge on any atom is 0.255 e. The SMILES string of the molecule is CCOc1cccc(C(=O)Nc2ccc(NC(=O)c3cccc(C)c3)cc2)c1. The third kappa shape index (κ3) is 4.98. The number of ether oxygens (including phenoxy) is 1. The Hall–Kier alpha value is -3.60. The van der Waals surface area contributed by atoms with E-state index >= 15 is 0 Å². The van der Waals surface area contributed by atoms with E-state index in [-0.39, 0.29) is 11.8 Å². The van der Waals surface area contributed by atoms with E-state index in [1.165, 1.54) is 0 Å². The van der Waals surface area contributed by atoms with Crippen LogP contribution in [-0.4, -0.2) is 18.4 Å². The fraction of sp³-hybridized carbons (Fsp3) is 0.130. The molecule has 0 aliphatic rings. The molecule has 3 aromatic rings. The molecule has 0 heterocycles. The molecule has 0 fully saturated rings. The van der Waals surface area contributed by atoms with E-state index < -0.39 is 0 Å². The summed E-state index contributed by atoms with van der Waals surface area (Å²) in [6.45, 7) is 4.38. The van der Waals surface area contributed by atoms with Gasteiger partial charge in [0.15, 0.2) is 0 Å². The van der Waals surface area contributed by atoms with Gasteiger partial charge in [-0.3, -0.25) is 9.59 Å². The maximum absolute atomic E-state index is 12.4. The van der Waals surface area contributed by atoms with Crippen LogP contribution in [0.4, 0.5) is 11.4 Å². The third-order valence-electron chi connectivity index (χ3n) is 4.09. The summed E-state index contributed by atoms with van der Waals surface area (Å²) in [6.07, 6.45) is 0. The highest BCUT2D eigenvalue weighted by molar-refractivity contribution is 6.05. The van der Waals surface area contributed by atoms with Crippen LogP contribution in [0.1, 0.15) is 33.2 Å². The van der Waals surface area contributed by atoms with Crippen LogP contribution in [-0.2, 0) is 0 Å². The van der Waals surface area contributed by atoms with Gasteiger partial charge in [-0.05, 0) is 68.4 Å². The minimum absolute atomic E-state index is 0.173. The van der Waals surface area contributed by atoms with Crippen molar-refractivity contribution >= 4 is 23.2 Å². The third-order valence-corrected chi connectivity index (χ3v) is 4.09. The van der Waals surface area contributed by atoms with Gasteiger partial charge in [-0.25, -0.2) is 0 Å². The Labute approximate surface area is 164 Å². The van der Waals surface area contributed by atoms with Gasteiger partial charge < -0.3 is 15.4 Å². The lowest BCUT2D eigenvalue weighted by Gasteiger charge is -2.09. The quantitative estimate of drug-likeness (QED) is 0.645. The smallest absolute Gasteiger partial charge is 0.255 e. The molecule has 0 bridgehead atoms. The molecule has 0 saturated heterocycles. The molecule has 0 saturated carbocycles. The largest absolute Gasteiger partial charge is 0.494 e. The fourth-order valence-electron chi connectivity index (χ4n) is 2.72. The molecule has 0 aromatic heterocycles. The molecule has 2 N–H and O–H groups in total. The number of hydrogen-bond acceptors (Lipinski definition) is 3. The minimum Gasteiger partial charge on any atom is -0.494 e. The molecular weight excluding hydrogens is 352 g/mol. The monoisotopic (exact) mass is 374 g/mol. The van der Waals surface area contributed by atoms with Crippen molar-refractivity contribution in [2.75, 3.05) is 17.2 Å². The maximum atomic E-state index is 12.4. The highest BCUT2D eigenvalue weighted by atomic mass is 16.5. The van der Waals surface area contributed by atoms with E-state index in [0.29, 0.717) is 34.9 Å². The van der Waals surface area contributed by atoms with Gasteiger partial charge in [0.05, 0.1) is 6.61 Å². The van der Waals surface area contributed by atoms with Crippen LogP contribution in [0.3, 0.4) is 0 Å². The van der Waals surface area contributed by atoms with Crippen molar-refractivity contribution < 1.29 is 14.3 Å². The molecule has 0 aliphatic heterocycles. The zero-order valence-corrected chi connectivity index (χ0v) is 15.9. The van der Waals surface area contributed by atoms with E-state index in [9.17, 15) is 9.59 Å². The van der Waals surface area contributed by atoms with Crippen molar-refractivity contribution in [2.24, 2.45) is 0 Å². The lowest BCUT2D eigenvalue weighted by molar-refractivity contribution is 0.101. The Bertz CT molecular complexity index is 981. The number of rotatable bonds is 6. The van der Waals surface area contributed by atoms with Crippen LogP contribution in [0, 0.1) is 6.92 Å². The second-order valence-corrected chi connectivity index (χ2v) is 6.32. The van der Waals surface area contributed by atoms with Crippen molar-refractivity contribution in [1.82, 2.24) is 0 Å². The van der Waals surface area contributed by atoms with Crippen molar-refractivity contribution in [1.29, 1.82) is 0 Å². The number of hydrogen-bond donors (Lipinski definition) is 2. The van der Waals surface area contributed by atoms with Gasteiger partial charge in [0.1, 0.15) is 5.75 Å². The van der Waals surface area contributed by atoms with Crippen molar-refractivity contribution in [3.8, 4) is 5.75 Å². The molecule has 142 valence electrons. The first-order chi connectivity index (χ1) is 13.5. The molecule has 28 heavy (non-hydrogen) atoms. The molecule has 5 nitrogen and oxygen atoms in total. The van der Waals surface area contributed by atoms with Gasteiger partial charge in [0.25, 0.3) is 11.8 Å². The molecule has 3 aromatic carbocycles. The summed E-state index contributed by atoms with van der Waals surface area (Å²) in [5.41, 5.74) is 3.44. The van der Waals surface area contributed by atoms with E-state index in [0.717, 1.165) is 5.56 Å². The molecule has 0 aliphatic carbocycles. The summed E-state index contributed by atoms with van der Waals surface area (Å²) in [4.78, 5) is 24.7.